The molecule has 3 unspecified atom stereocenters. The zero-order valence-electron chi connectivity index (χ0n) is 7.82. The molecule has 1 aliphatic rings. The van der Waals surface area contributed by atoms with Gasteiger partial charge in [0.25, 0.3) is 0 Å². The summed E-state index contributed by atoms with van der Waals surface area (Å²) >= 11 is 0. The highest BCUT2D eigenvalue weighted by atomic mass is 16.6. The first kappa shape index (κ1) is 9.49. The summed E-state index contributed by atoms with van der Waals surface area (Å²) in [6.07, 6.45) is 4.05. The van der Waals surface area contributed by atoms with Crippen LogP contribution in [0.25, 0.3) is 0 Å². The van der Waals surface area contributed by atoms with Crippen molar-refractivity contribution in [1.82, 2.24) is 0 Å². The van der Waals surface area contributed by atoms with E-state index in [4.69, 9.17) is 0 Å². The average Bonchev–Trinajstić information content (AvgIpc) is 2.03. The number of hydrogen-bond acceptors (Lipinski definition) is 2. The SMILES string of the molecule is CCC1CCC([N+](=O)[O-])C(C)C1. The van der Waals surface area contributed by atoms with Gasteiger partial charge in [-0.3, -0.25) is 10.1 Å². The minimum atomic E-state index is -0.271. The van der Waals surface area contributed by atoms with Gasteiger partial charge in [-0.25, -0.2) is 0 Å². The Morgan fingerprint density at radius 2 is 2.17 bits per heavy atom. The van der Waals surface area contributed by atoms with Gasteiger partial charge in [0.15, 0.2) is 0 Å². The Kier molecular flexibility index (Phi) is 3.06. The molecule has 1 aliphatic carbocycles. The van der Waals surface area contributed by atoms with Crippen LogP contribution in [0.4, 0.5) is 0 Å². The molecule has 0 radical (unpaired) electrons. The van der Waals surface area contributed by atoms with Gasteiger partial charge in [0.05, 0.1) is 0 Å². The third-order valence-corrected chi connectivity index (χ3v) is 3.08. The van der Waals surface area contributed by atoms with Gasteiger partial charge < -0.3 is 0 Å². The van der Waals surface area contributed by atoms with Crippen LogP contribution in [0.5, 0.6) is 0 Å². The Morgan fingerprint density at radius 1 is 1.50 bits per heavy atom. The zero-order chi connectivity index (χ0) is 9.14. The van der Waals surface area contributed by atoms with Crippen LogP contribution in [0.1, 0.15) is 39.5 Å². The van der Waals surface area contributed by atoms with E-state index in [1.54, 1.807) is 0 Å². The second-order valence-electron chi connectivity index (χ2n) is 3.92. The summed E-state index contributed by atoms with van der Waals surface area (Å²) < 4.78 is 0. The summed E-state index contributed by atoms with van der Waals surface area (Å²) in [5, 5.41) is 10.6. The molecular weight excluding hydrogens is 154 g/mol. The van der Waals surface area contributed by atoms with E-state index >= 15 is 0 Å². The number of hydrogen-bond donors (Lipinski definition) is 0. The van der Waals surface area contributed by atoms with Gasteiger partial charge >= 0.3 is 0 Å². The monoisotopic (exact) mass is 171 g/mol. The maximum Gasteiger partial charge on any atom is 0.215 e. The molecular formula is C9H17NO2. The molecule has 3 atom stereocenters. The molecule has 0 aromatic heterocycles. The maximum absolute atomic E-state index is 10.6. The Hall–Kier alpha value is -0.600. The smallest absolute Gasteiger partial charge is 0.215 e. The fourth-order valence-corrected chi connectivity index (χ4v) is 2.18. The quantitative estimate of drug-likeness (QED) is 0.473. The van der Waals surface area contributed by atoms with Gasteiger partial charge in [-0.2, -0.15) is 0 Å². The third kappa shape index (κ3) is 1.96. The summed E-state index contributed by atoms with van der Waals surface area (Å²) in [4.78, 5) is 10.5. The van der Waals surface area contributed by atoms with Crippen molar-refractivity contribution in [1.29, 1.82) is 0 Å². The summed E-state index contributed by atoms with van der Waals surface area (Å²) in [6, 6.07) is -0.271. The zero-order valence-corrected chi connectivity index (χ0v) is 7.82. The fourth-order valence-electron chi connectivity index (χ4n) is 2.18. The Morgan fingerprint density at radius 3 is 2.58 bits per heavy atom. The van der Waals surface area contributed by atoms with Gasteiger partial charge in [-0.15, -0.1) is 0 Å². The topological polar surface area (TPSA) is 43.1 Å². The van der Waals surface area contributed by atoms with E-state index in [-0.39, 0.29) is 16.9 Å². The first-order valence-corrected chi connectivity index (χ1v) is 4.78. The van der Waals surface area contributed by atoms with Crippen molar-refractivity contribution in [3.63, 3.8) is 0 Å². The van der Waals surface area contributed by atoms with Crippen molar-refractivity contribution in [3.8, 4) is 0 Å². The highest BCUT2D eigenvalue weighted by molar-refractivity contribution is 4.76. The predicted octanol–water partition coefficient (Wildman–Crippen LogP) is 2.48. The van der Waals surface area contributed by atoms with Crippen LogP contribution >= 0.6 is 0 Å². The lowest BCUT2D eigenvalue weighted by Crippen LogP contribution is -2.33. The Bertz CT molecular complexity index is 170. The summed E-state index contributed by atoms with van der Waals surface area (Å²) in [5.74, 6) is 1.01. The second kappa shape index (κ2) is 3.87. The lowest BCUT2D eigenvalue weighted by atomic mass is 9.78. The van der Waals surface area contributed by atoms with Crippen LogP contribution in [0.15, 0.2) is 0 Å². The molecule has 0 amide bonds. The Labute approximate surface area is 73.3 Å². The van der Waals surface area contributed by atoms with Crippen LogP contribution in [0.2, 0.25) is 0 Å². The molecule has 1 fully saturated rings. The van der Waals surface area contributed by atoms with Crippen molar-refractivity contribution in [2.45, 2.75) is 45.6 Å². The number of nitrogens with zero attached hydrogens (tertiary/aromatic N) is 1. The van der Waals surface area contributed by atoms with Crippen molar-refractivity contribution < 1.29 is 4.92 Å². The van der Waals surface area contributed by atoms with E-state index in [1.807, 2.05) is 6.92 Å². The molecule has 1 saturated carbocycles. The molecule has 1 rings (SSSR count). The number of rotatable bonds is 2. The van der Waals surface area contributed by atoms with Crippen molar-refractivity contribution in [3.05, 3.63) is 10.1 Å². The standard InChI is InChI=1S/C9H17NO2/c1-3-8-4-5-9(10(11)12)7(2)6-8/h7-9H,3-6H2,1-2H3. The molecule has 3 heteroatoms. The normalized spacial score (nSPS) is 36.3. The van der Waals surface area contributed by atoms with Crippen molar-refractivity contribution in [2.24, 2.45) is 11.8 Å². The van der Waals surface area contributed by atoms with Crippen LogP contribution < -0.4 is 0 Å². The van der Waals surface area contributed by atoms with Crippen LogP contribution in [-0.2, 0) is 0 Å². The largest absolute Gasteiger partial charge is 0.264 e. The predicted molar refractivity (Wildman–Crippen MR) is 47.6 cm³/mol. The molecule has 3 nitrogen and oxygen atoms in total. The van der Waals surface area contributed by atoms with Crippen molar-refractivity contribution in [2.75, 3.05) is 0 Å². The molecule has 12 heavy (non-hydrogen) atoms. The third-order valence-electron chi connectivity index (χ3n) is 3.08. The van der Waals surface area contributed by atoms with Crippen molar-refractivity contribution >= 4 is 0 Å². The van der Waals surface area contributed by atoms with E-state index in [9.17, 15) is 10.1 Å². The average molecular weight is 171 g/mol. The van der Waals surface area contributed by atoms with Gasteiger partial charge in [0.1, 0.15) is 0 Å². The minimum Gasteiger partial charge on any atom is -0.264 e. The van der Waals surface area contributed by atoms with E-state index in [1.165, 1.54) is 6.42 Å². The van der Waals surface area contributed by atoms with Gasteiger partial charge in [-0.05, 0) is 18.8 Å². The van der Waals surface area contributed by atoms with Gasteiger partial charge in [-0.1, -0.05) is 20.3 Å². The molecule has 0 aromatic rings. The molecule has 0 N–H and O–H groups in total. The minimum absolute atomic E-state index is 0.101. The number of nitro groups is 1. The van der Waals surface area contributed by atoms with E-state index in [0.29, 0.717) is 0 Å². The summed E-state index contributed by atoms with van der Waals surface area (Å²) in [6.45, 7) is 4.18. The molecule has 0 saturated heterocycles. The highest BCUT2D eigenvalue weighted by Crippen LogP contribution is 2.32. The van der Waals surface area contributed by atoms with Crippen LogP contribution in [0.3, 0.4) is 0 Å². The van der Waals surface area contributed by atoms with Gasteiger partial charge in [0.2, 0.25) is 6.04 Å². The molecule has 0 aromatic carbocycles. The first-order valence-electron chi connectivity index (χ1n) is 4.78. The summed E-state index contributed by atoms with van der Waals surface area (Å²) in [7, 11) is 0. The van der Waals surface area contributed by atoms with Gasteiger partial charge in [0, 0.05) is 17.3 Å². The first-order chi connectivity index (χ1) is 5.65. The van der Waals surface area contributed by atoms with E-state index in [0.717, 1.165) is 25.2 Å². The van der Waals surface area contributed by atoms with E-state index < -0.39 is 0 Å². The second-order valence-corrected chi connectivity index (χ2v) is 3.92. The van der Waals surface area contributed by atoms with Crippen LogP contribution in [0, 0.1) is 22.0 Å². The highest BCUT2D eigenvalue weighted by Gasteiger charge is 2.34. The lowest BCUT2D eigenvalue weighted by Gasteiger charge is -2.28. The molecule has 70 valence electrons. The molecule has 0 aliphatic heterocycles. The lowest BCUT2D eigenvalue weighted by molar-refractivity contribution is -0.535. The molecule has 0 heterocycles. The summed E-state index contributed by atoms with van der Waals surface area (Å²) in [5.41, 5.74) is 0. The van der Waals surface area contributed by atoms with Crippen LogP contribution in [-0.4, -0.2) is 11.0 Å². The van der Waals surface area contributed by atoms with E-state index in [2.05, 4.69) is 6.92 Å². The molecule has 0 spiro atoms. The molecule has 0 bridgehead atoms. The maximum atomic E-state index is 10.6. The fraction of sp³-hybridized carbons (Fsp3) is 1.00. The Balaban J connectivity index is 2.47.